The molecule has 1 fully saturated rings. The van der Waals surface area contributed by atoms with Crippen molar-refractivity contribution < 1.29 is 0 Å². The van der Waals surface area contributed by atoms with Gasteiger partial charge < -0.3 is 14.9 Å². The van der Waals surface area contributed by atoms with Crippen molar-refractivity contribution in [3.63, 3.8) is 0 Å². The molecular weight excluding hydrogens is 372 g/mol. The van der Waals surface area contributed by atoms with Crippen LogP contribution in [0.25, 0.3) is 33.3 Å². The average Bonchev–Trinajstić information content (AvgIpc) is 3.31. The summed E-state index contributed by atoms with van der Waals surface area (Å²) in [6.45, 7) is 4.50. The first kappa shape index (κ1) is 19.2. The average molecular weight is 403 g/mol. The topological polar surface area (TPSA) is 71.4 Å². The van der Waals surface area contributed by atoms with Crippen molar-refractivity contribution in [2.24, 2.45) is 7.05 Å². The molecule has 0 aliphatic heterocycles. The van der Waals surface area contributed by atoms with E-state index in [1.54, 1.807) is 6.33 Å². The lowest BCUT2D eigenvalue weighted by molar-refractivity contribution is 0.355. The van der Waals surface area contributed by atoms with E-state index in [0.29, 0.717) is 17.9 Å². The van der Waals surface area contributed by atoms with Crippen LogP contribution >= 0.6 is 0 Å². The predicted molar refractivity (Wildman–Crippen MR) is 122 cm³/mol. The smallest absolute Gasteiger partial charge is 0.143 e. The molecule has 0 radical (unpaired) electrons. The second-order valence-corrected chi connectivity index (χ2v) is 8.95. The van der Waals surface area contributed by atoms with Crippen LogP contribution < -0.4 is 5.32 Å². The summed E-state index contributed by atoms with van der Waals surface area (Å²) in [5.74, 6) is 0.916. The third kappa shape index (κ3) is 3.10. The Morgan fingerprint density at radius 1 is 1.17 bits per heavy atom. The van der Waals surface area contributed by atoms with Gasteiger partial charge >= 0.3 is 0 Å². The van der Waals surface area contributed by atoms with E-state index in [4.69, 9.17) is 4.98 Å². The molecule has 1 aliphatic carbocycles. The maximum absolute atomic E-state index is 5.21. The summed E-state index contributed by atoms with van der Waals surface area (Å²) in [5, 5.41) is 4.50. The van der Waals surface area contributed by atoms with Gasteiger partial charge in [0.25, 0.3) is 0 Å². The Hall–Kier alpha value is -2.73. The lowest BCUT2D eigenvalue weighted by Gasteiger charge is -2.27. The molecule has 4 heterocycles. The molecule has 156 valence electrons. The molecule has 1 saturated carbocycles. The molecule has 6 heteroatoms. The Labute approximate surface area is 177 Å². The molecule has 0 amide bonds. The van der Waals surface area contributed by atoms with Crippen molar-refractivity contribution in [1.29, 1.82) is 0 Å². The highest BCUT2D eigenvalue weighted by atomic mass is 15.0. The van der Waals surface area contributed by atoms with Gasteiger partial charge in [0.05, 0.1) is 16.7 Å². The molecule has 0 saturated heterocycles. The fraction of sp³-hybridized carbons (Fsp3) is 0.458. The van der Waals surface area contributed by atoms with Gasteiger partial charge in [-0.15, -0.1) is 0 Å². The molecule has 1 aliphatic rings. The number of hydrogen-bond donors (Lipinski definition) is 2. The van der Waals surface area contributed by atoms with Gasteiger partial charge in [0.15, 0.2) is 0 Å². The Balaban J connectivity index is 1.62. The third-order valence-corrected chi connectivity index (χ3v) is 6.74. The van der Waals surface area contributed by atoms with E-state index in [1.807, 2.05) is 13.2 Å². The van der Waals surface area contributed by atoms with Gasteiger partial charge in [0.1, 0.15) is 12.0 Å². The molecule has 5 rings (SSSR count). The number of fused-ring (bicyclic) bond motifs is 2. The molecule has 0 unspecified atom stereocenters. The maximum Gasteiger partial charge on any atom is 0.143 e. The van der Waals surface area contributed by atoms with Gasteiger partial charge in [-0.3, -0.25) is 4.98 Å². The molecule has 0 spiro atoms. The molecule has 0 bridgehead atoms. The summed E-state index contributed by atoms with van der Waals surface area (Å²) in [7, 11) is 4.11. The Bertz CT molecular complexity index is 1190. The first-order valence-corrected chi connectivity index (χ1v) is 11.0. The van der Waals surface area contributed by atoms with Crippen molar-refractivity contribution in [3.05, 3.63) is 42.1 Å². The standard InChI is InChI=1S/C24H30N6/c1-14(2)21-22(18-12-30(4)24-17(18)11-26-13-27-24)29-20-10-9-19(28-23(20)21)15-5-7-16(25-3)8-6-15/h9-16,25,29H,5-8H2,1-4H3. The van der Waals surface area contributed by atoms with Gasteiger partial charge in [0, 0.05) is 53.6 Å². The number of aromatic amines is 1. The Kier molecular flexibility index (Phi) is 4.82. The van der Waals surface area contributed by atoms with Crippen molar-refractivity contribution in [3.8, 4) is 11.3 Å². The van der Waals surface area contributed by atoms with E-state index in [1.165, 1.54) is 36.9 Å². The zero-order chi connectivity index (χ0) is 20.8. The van der Waals surface area contributed by atoms with E-state index in [-0.39, 0.29) is 0 Å². The third-order valence-electron chi connectivity index (χ3n) is 6.74. The van der Waals surface area contributed by atoms with Crippen LogP contribution in [-0.4, -0.2) is 37.6 Å². The fourth-order valence-corrected chi connectivity index (χ4v) is 5.10. The quantitative estimate of drug-likeness (QED) is 0.510. The Morgan fingerprint density at radius 3 is 2.70 bits per heavy atom. The Morgan fingerprint density at radius 2 is 1.97 bits per heavy atom. The minimum Gasteiger partial charge on any atom is -0.353 e. The lowest BCUT2D eigenvalue weighted by atomic mass is 9.84. The molecule has 2 N–H and O–H groups in total. The summed E-state index contributed by atoms with van der Waals surface area (Å²) >= 11 is 0. The van der Waals surface area contributed by atoms with Gasteiger partial charge in [-0.1, -0.05) is 13.8 Å². The highest BCUT2D eigenvalue weighted by Crippen LogP contribution is 2.39. The maximum atomic E-state index is 5.21. The summed E-state index contributed by atoms with van der Waals surface area (Å²) in [6, 6.07) is 5.10. The van der Waals surface area contributed by atoms with Gasteiger partial charge in [-0.2, -0.15) is 0 Å². The van der Waals surface area contributed by atoms with Crippen LogP contribution in [0.2, 0.25) is 0 Å². The van der Waals surface area contributed by atoms with Gasteiger partial charge in [-0.05, 0) is 50.8 Å². The van der Waals surface area contributed by atoms with E-state index < -0.39 is 0 Å². The van der Waals surface area contributed by atoms with Crippen LogP contribution in [-0.2, 0) is 7.05 Å². The summed E-state index contributed by atoms with van der Waals surface area (Å²) in [5.41, 5.74) is 7.98. The van der Waals surface area contributed by atoms with E-state index in [9.17, 15) is 0 Å². The minimum absolute atomic E-state index is 0.358. The first-order valence-electron chi connectivity index (χ1n) is 11.0. The van der Waals surface area contributed by atoms with Gasteiger partial charge in [-0.25, -0.2) is 9.97 Å². The van der Waals surface area contributed by atoms with Gasteiger partial charge in [0.2, 0.25) is 0 Å². The molecular formula is C24H30N6. The zero-order valence-corrected chi connectivity index (χ0v) is 18.2. The zero-order valence-electron chi connectivity index (χ0n) is 18.2. The SMILES string of the molecule is CNC1CCC(c2ccc3[nH]c(-c4cn(C)c5ncncc45)c(C(C)C)c3n2)CC1. The number of rotatable bonds is 4. The summed E-state index contributed by atoms with van der Waals surface area (Å²) in [6.07, 6.45) is 10.5. The highest BCUT2D eigenvalue weighted by molar-refractivity contribution is 5.98. The second kappa shape index (κ2) is 7.51. The number of aromatic nitrogens is 5. The number of hydrogen-bond acceptors (Lipinski definition) is 4. The van der Waals surface area contributed by atoms with Crippen LogP contribution in [0.5, 0.6) is 0 Å². The van der Waals surface area contributed by atoms with Crippen LogP contribution in [0.1, 0.15) is 62.6 Å². The van der Waals surface area contributed by atoms with Crippen molar-refractivity contribution in [2.45, 2.75) is 57.4 Å². The predicted octanol–water partition coefficient (Wildman–Crippen LogP) is 4.88. The van der Waals surface area contributed by atoms with E-state index in [2.05, 4.69) is 64.1 Å². The van der Waals surface area contributed by atoms with E-state index >= 15 is 0 Å². The lowest BCUT2D eigenvalue weighted by Crippen LogP contribution is -2.29. The van der Waals surface area contributed by atoms with Crippen molar-refractivity contribution in [2.75, 3.05) is 7.05 Å². The molecule has 30 heavy (non-hydrogen) atoms. The van der Waals surface area contributed by atoms with Crippen LogP contribution in [0, 0.1) is 0 Å². The van der Waals surface area contributed by atoms with Crippen LogP contribution in [0.3, 0.4) is 0 Å². The van der Waals surface area contributed by atoms with Crippen molar-refractivity contribution in [1.82, 2.24) is 29.8 Å². The largest absolute Gasteiger partial charge is 0.353 e. The summed E-state index contributed by atoms with van der Waals surface area (Å²) < 4.78 is 2.07. The molecule has 0 aromatic carbocycles. The molecule has 6 nitrogen and oxygen atoms in total. The molecule has 0 atom stereocenters. The normalized spacial score (nSPS) is 19.9. The number of pyridine rings is 1. The minimum atomic E-state index is 0.358. The monoisotopic (exact) mass is 402 g/mol. The number of aryl methyl sites for hydroxylation is 1. The van der Waals surface area contributed by atoms with E-state index in [0.717, 1.165) is 33.3 Å². The highest BCUT2D eigenvalue weighted by Gasteiger charge is 2.25. The second-order valence-electron chi connectivity index (χ2n) is 8.95. The molecule has 4 aromatic heterocycles. The van der Waals surface area contributed by atoms with Crippen LogP contribution in [0.15, 0.2) is 30.9 Å². The fourth-order valence-electron chi connectivity index (χ4n) is 5.10. The first-order chi connectivity index (χ1) is 14.6. The summed E-state index contributed by atoms with van der Waals surface area (Å²) in [4.78, 5) is 17.6. The number of H-pyrrole nitrogens is 1. The van der Waals surface area contributed by atoms with Crippen LogP contribution in [0.4, 0.5) is 0 Å². The number of nitrogens with zero attached hydrogens (tertiary/aromatic N) is 4. The molecule has 4 aromatic rings. The van der Waals surface area contributed by atoms with Crippen molar-refractivity contribution >= 4 is 22.1 Å². The number of nitrogens with one attached hydrogen (secondary N) is 2.